The number of rotatable bonds is 2. The van der Waals surface area contributed by atoms with Crippen LogP contribution in [0.2, 0.25) is 0 Å². The lowest BCUT2D eigenvalue weighted by molar-refractivity contribution is 0.112. The summed E-state index contributed by atoms with van der Waals surface area (Å²) in [4.78, 5) is 11.6. The van der Waals surface area contributed by atoms with Gasteiger partial charge in [-0.15, -0.1) is 0 Å². The van der Waals surface area contributed by atoms with Crippen LogP contribution in [0.3, 0.4) is 0 Å². The summed E-state index contributed by atoms with van der Waals surface area (Å²) in [6.07, 6.45) is 0.878. The summed E-state index contributed by atoms with van der Waals surface area (Å²) in [6, 6.07) is 21.7. The molecule has 0 spiro atoms. The van der Waals surface area contributed by atoms with Gasteiger partial charge < -0.3 is 4.42 Å². The first-order valence-electron chi connectivity index (χ1n) is 6.83. The van der Waals surface area contributed by atoms with E-state index in [0.717, 1.165) is 33.6 Å². The summed E-state index contributed by atoms with van der Waals surface area (Å²) in [6.45, 7) is 0. The van der Waals surface area contributed by atoms with Crippen LogP contribution >= 0.6 is 0 Å². The van der Waals surface area contributed by atoms with Gasteiger partial charge in [-0.2, -0.15) is 0 Å². The largest absolute Gasteiger partial charge is 0.455 e. The number of hydrogen-bond donors (Lipinski definition) is 0. The molecule has 0 radical (unpaired) electrons. The Kier molecular flexibility index (Phi) is 2.61. The molecule has 0 N–H and O–H groups in total. The third-order valence-electron chi connectivity index (χ3n) is 3.77. The second kappa shape index (κ2) is 4.60. The molecule has 4 aromatic rings. The maximum Gasteiger partial charge on any atom is 0.154 e. The zero-order chi connectivity index (χ0) is 14.2. The molecule has 0 atom stereocenters. The van der Waals surface area contributed by atoms with Crippen LogP contribution in [0.5, 0.6) is 0 Å². The molecule has 2 nitrogen and oxygen atoms in total. The standard InChI is InChI=1S/C19H12O2/c20-12-17-16-11-10-13-6-4-5-9-15(13)19(16)21-18(17)14-7-2-1-3-8-14/h1-12H. The molecule has 1 heterocycles. The molecule has 0 fully saturated rings. The van der Waals surface area contributed by atoms with Crippen molar-refractivity contribution >= 4 is 28.0 Å². The Morgan fingerprint density at radius 3 is 2.33 bits per heavy atom. The van der Waals surface area contributed by atoms with Crippen molar-refractivity contribution in [3.63, 3.8) is 0 Å². The minimum Gasteiger partial charge on any atom is -0.455 e. The molecule has 2 heteroatoms. The zero-order valence-electron chi connectivity index (χ0n) is 11.2. The number of fused-ring (bicyclic) bond motifs is 3. The van der Waals surface area contributed by atoms with E-state index in [1.165, 1.54) is 0 Å². The second-order valence-electron chi connectivity index (χ2n) is 4.99. The van der Waals surface area contributed by atoms with Crippen molar-refractivity contribution in [3.05, 3.63) is 72.3 Å². The molecule has 0 amide bonds. The maximum absolute atomic E-state index is 11.6. The summed E-state index contributed by atoms with van der Waals surface area (Å²) in [5, 5.41) is 3.00. The van der Waals surface area contributed by atoms with E-state index >= 15 is 0 Å². The average molecular weight is 272 g/mol. The van der Waals surface area contributed by atoms with Crippen LogP contribution in [0.25, 0.3) is 33.1 Å². The average Bonchev–Trinajstić information content (AvgIpc) is 2.94. The number of aldehydes is 1. The highest BCUT2D eigenvalue weighted by Gasteiger charge is 2.16. The van der Waals surface area contributed by atoms with Crippen LogP contribution in [0.1, 0.15) is 10.4 Å². The van der Waals surface area contributed by atoms with Gasteiger partial charge in [-0.05, 0) is 11.5 Å². The topological polar surface area (TPSA) is 30.2 Å². The lowest BCUT2D eigenvalue weighted by Gasteiger charge is -1.97. The van der Waals surface area contributed by atoms with Gasteiger partial charge >= 0.3 is 0 Å². The summed E-state index contributed by atoms with van der Waals surface area (Å²) in [5.74, 6) is 0.636. The smallest absolute Gasteiger partial charge is 0.154 e. The normalized spacial score (nSPS) is 11.0. The third-order valence-corrected chi connectivity index (χ3v) is 3.77. The molecule has 0 bridgehead atoms. The van der Waals surface area contributed by atoms with Crippen LogP contribution in [0.4, 0.5) is 0 Å². The minimum absolute atomic E-state index is 0.613. The van der Waals surface area contributed by atoms with E-state index in [2.05, 4.69) is 0 Å². The fourth-order valence-corrected chi connectivity index (χ4v) is 2.77. The van der Waals surface area contributed by atoms with Crippen molar-refractivity contribution in [2.24, 2.45) is 0 Å². The molecule has 0 saturated heterocycles. The Labute approximate surface area is 121 Å². The molecule has 0 unspecified atom stereocenters. The Balaban J connectivity index is 2.13. The second-order valence-corrected chi connectivity index (χ2v) is 4.99. The van der Waals surface area contributed by atoms with Gasteiger partial charge in [-0.1, -0.05) is 60.7 Å². The lowest BCUT2D eigenvalue weighted by atomic mass is 10.0. The number of carbonyl (C=O) groups excluding carboxylic acids is 1. The van der Waals surface area contributed by atoms with Crippen molar-refractivity contribution in [2.45, 2.75) is 0 Å². The minimum atomic E-state index is 0.613. The molecule has 0 aliphatic rings. The van der Waals surface area contributed by atoms with Crippen LogP contribution in [-0.2, 0) is 0 Å². The quantitative estimate of drug-likeness (QED) is 0.477. The first-order valence-corrected chi connectivity index (χ1v) is 6.83. The molecule has 4 rings (SSSR count). The van der Waals surface area contributed by atoms with Crippen LogP contribution in [0.15, 0.2) is 71.1 Å². The molecule has 0 aliphatic carbocycles. The summed E-state index contributed by atoms with van der Waals surface area (Å²) < 4.78 is 6.06. The van der Waals surface area contributed by atoms with E-state index in [1.807, 2.05) is 66.7 Å². The number of carbonyl (C=O) groups is 1. The van der Waals surface area contributed by atoms with E-state index in [4.69, 9.17) is 4.42 Å². The van der Waals surface area contributed by atoms with Crippen molar-refractivity contribution in [3.8, 4) is 11.3 Å². The molecule has 0 saturated carbocycles. The predicted molar refractivity (Wildman–Crippen MR) is 84.5 cm³/mol. The number of furan rings is 1. The molecular weight excluding hydrogens is 260 g/mol. The maximum atomic E-state index is 11.6. The van der Waals surface area contributed by atoms with Gasteiger partial charge in [-0.25, -0.2) is 0 Å². The first kappa shape index (κ1) is 11.9. The SMILES string of the molecule is O=Cc1c(-c2ccccc2)oc2c1ccc1ccccc12. The van der Waals surface area contributed by atoms with Crippen molar-refractivity contribution in [1.82, 2.24) is 0 Å². The van der Waals surface area contributed by atoms with Gasteiger partial charge in [0.05, 0.1) is 5.56 Å². The fraction of sp³-hybridized carbons (Fsp3) is 0. The Hall–Kier alpha value is -2.87. The van der Waals surface area contributed by atoms with Crippen LogP contribution in [0, 0.1) is 0 Å². The first-order chi connectivity index (χ1) is 10.4. The Morgan fingerprint density at radius 1 is 0.762 bits per heavy atom. The van der Waals surface area contributed by atoms with Gasteiger partial charge in [0.1, 0.15) is 11.3 Å². The molecule has 100 valence electrons. The number of hydrogen-bond acceptors (Lipinski definition) is 2. The Morgan fingerprint density at radius 2 is 1.52 bits per heavy atom. The van der Waals surface area contributed by atoms with E-state index < -0.39 is 0 Å². The van der Waals surface area contributed by atoms with E-state index in [9.17, 15) is 4.79 Å². The van der Waals surface area contributed by atoms with Crippen molar-refractivity contribution in [2.75, 3.05) is 0 Å². The highest BCUT2D eigenvalue weighted by atomic mass is 16.3. The van der Waals surface area contributed by atoms with Gasteiger partial charge in [0, 0.05) is 16.3 Å². The van der Waals surface area contributed by atoms with E-state index in [0.29, 0.717) is 11.3 Å². The van der Waals surface area contributed by atoms with Crippen molar-refractivity contribution < 1.29 is 9.21 Å². The third kappa shape index (κ3) is 1.77. The number of benzene rings is 3. The predicted octanol–water partition coefficient (Wildman–Crippen LogP) is 5.07. The molecule has 1 aromatic heterocycles. The molecule has 0 aliphatic heterocycles. The molecule has 21 heavy (non-hydrogen) atoms. The lowest BCUT2D eigenvalue weighted by Crippen LogP contribution is -1.82. The van der Waals surface area contributed by atoms with Gasteiger partial charge in [0.25, 0.3) is 0 Å². The van der Waals surface area contributed by atoms with Crippen LogP contribution < -0.4 is 0 Å². The summed E-state index contributed by atoms with van der Waals surface area (Å²) >= 11 is 0. The fourth-order valence-electron chi connectivity index (χ4n) is 2.77. The molecule has 3 aromatic carbocycles. The zero-order valence-corrected chi connectivity index (χ0v) is 11.2. The van der Waals surface area contributed by atoms with E-state index in [-0.39, 0.29) is 0 Å². The van der Waals surface area contributed by atoms with Gasteiger partial charge in [0.15, 0.2) is 6.29 Å². The monoisotopic (exact) mass is 272 g/mol. The highest BCUT2D eigenvalue weighted by Crippen LogP contribution is 2.36. The summed E-state index contributed by atoms with van der Waals surface area (Å²) in [7, 11) is 0. The van der Waals surface area contributed by atoms with Gasteiger partial charge in [-0.3, -0.25) is 4.79 Å². The van der Waals surface area contributed by atoms with Gasteiger partial charge in [0.2, 0.25) is 0 Å². The van der Waals surface area contributed by atoms with Crippen LogP contribution in [-0.4, -0.2) is 6.29 Å². The molecular formula is C19H12O2. The van der Waals surface area contributed by atoms with E-state index in [1.54, 1.807) is 0 Å². The van der Waals surface area contributed by atoms with Crippen molar-refractivity contribution in [1.29, 1.82) is 0 Å². The highest BCUT2D eigenvalue weighted by molar-refractivity contribution is 6.12. The Bertz CT molecular complexity index is 949. The summed E-state index contributed by atoms with van der Waals surface area (Å²) in [5.41, 5.74) is 2.30.